The first kappa shape index (κ1) is 10.8. The van der Waals surface area contributed by atoms with Crippen LogP contribution in [0.15, 0.2) is 4.52 Å². The Hall–Kier alpha value is -1.23. The third kappa shape index (κ3) is 2.17. The number of hydrogen-bond acceptors (Lipinski definition) is 5. The van der Waals surface area contributed by atoms with E-state index in [0.717, 1.165) is 0 Å². The van der Waals surface area contributed by atoms with Crippen molar-refractivity contribution in [3.63, 3.8) is 0 Å². The van der Waals surface area contributed by atoms with Crippen LogP contribution in [0.5, 0.6) is 0 Å². The van der Waals surface area contributed by atoms with Crippen LogP contribution in [0.1, 0.15) is 43.4 Å². The minimum Gasteiger partial charge on any atom is -0.373 e. The summed E-state index contributed by atoms with van der Waals surface area (Å²) in [7, 11) is 1.58. The minimum atomic E-state index is -0.278. The van der Waals surface area contributed by atoms with E-state index in [1.54, 1.807) is 7.11 Å². The molecule has 1 aromatic heterocycles. The molecule has 1 unspecified atom stereocenters. The van der Waals surface area contributed by atoms with Gasteiger partial charge < -0.3 is 9.26 Å². The molecule has 0 spiro atoms. The van der Waals surface area contributed by atoms with E-state index in [9.17, 15) is 4.79 Å². The van der Waals surface area contributed by atoms with Crippen molar-refractivity contribution >= 4 is 6.29 Å². The summed E-state index contributed by atoms with van der Waals surface area (Å²) in [6.45, 7) is 5.99. The van der Waals surface area contributed by atoms with Gasteiger partial charge in [-0.05, 0) is 5.41 Å². The molecule has 0 amide bonds. The second-order valence-electron chi connectivity index (χ2n) is 4.09. The zero-order chi connectivity index (χ0) is 10.8. The molecular formula is C9H14N2O3. The fraction of sp³-hybridized carbons (Fsp3) is 0.667. The summed E-state index contributed by atoms with van der Waals surface area (Å²) in [6.07, 6.45) is 0.242. The third-order valence-corrected chi connectivity index (χ3v) is 1.82. The van der Waals surface area contributed by atoms with Crippen LogP contribution in [0.25, 0.3) is 0 Å². The zero-order valence-electron chi connectivity index (χ0n) is 8.77. The van der Waals surface area contributed by atoms with Crippen LogP contribution in [-0.4, -0.2) is 23.5 Å². The first-order valence-electron chi connectivity index (χ1n) is 4.30. The lowest BCUT2D eigenvalue weighted by Crippen LogP contribution is -2.21. The molecule has 0 saturated carbocycles. The largest absolute Gasteiger partial charge is 0.373 e. The first-order chi connectivity index (χ1) is 6.49. The summed E-state index contributed by atoms with van der Waals surface area (Å²) < 4.78 is 9.94. The van der Waals surface area contributed by atoms with Gasteiger partial charge in [-0.25, -0.2) is 0 Å². The van der Waals surface area contributed by atoms with E-state index >= 15 is 0 Å². The van der Waals surface area contributed by atoms with Gasteiger partial charge in [-0.3, -0.25) is 4.79 Å². The molecule has 14 heavy (non-hydrogen) atoms. The molecule has 5 nitrogen and oxygen atoms in total. The molecule has 1 aromatic rings. The molecule has 0 fully saturated rings. The summed E-state index contributed by atoms with van der Waals surface area (Å²) in [6, 6.07) is 0. The highest BCUT2D eigenvalue weighted by Gasteiger charge is 2.30. The van der Waals surface area contributed by atoms with Gasteiger partial charge >= 0.3 is 0 Å². The Kier molecular flexibility index (Phi) is 3.00. The summed E-state index contributed by atoms with van der Waals surface area (Å²) in [5.74, 6) is 0.383. The smallest absolute Gasteiger partial charge is 0.290 e. The van der Waals surface area contributed by atoms with Crippen LogP contribution in [0, 0.1) is 5.41 Å². The standard InChI is InChI=1S/C9H14N2O3/c1-9(2,3)7(13-4)8-10-6(5-12)14-11-8/h5,7H,1-4H3. The lowest BCUT2D eigenvalue weighted by atomic mass is 9.88. The maximum absolute atomic E-state index is 10.3. The van der Waals surface area contributed by atoms with Gasteiger partial charge in [0.25, 0.3) is 5.89 Å². The predicted molar refractivity (Wildman–Crippen MR) is 48.9 cm³/mol. The topological polar surface area (TPSA) is 65.2 Å². The van der Waals surface area contributed by atoms with E-state index in [2.05, 4.69) is 14.7 Å². The van der Waals surface area contributed by atoms with Crippen molar-refractivity contribution in [2.45, 2.75) is 26.9 Å². The molecule has 5 heteroatoms. The van der Waals surface area contributed by atoms with Crippen molar-refractivity contribution in [3.8, 4) is 0 Å². The normalized spacial score (nSPS) is 14.0. The molecule has 0 aliphatic heterocycles. The van der Waals surface area contributed by atoms with Gasteiger partial charge in [0.1, 0.15) is 6.10 Å². The van der Waals surface area contributed by atoms with Gasteiger partial charge in [-0.15, -0.1) is 0 Å². The van der Waals surface area contributed by atoms with E-state index in [4.69, 9.17) is 4.74 Å². The Labute approximate surface area is 82.4 Å². The Morgan fingerprint density at radius 3 is 2.50 bits per heavy atom. The van der Waals surface area contributed by atoms with Crippen molar-refractivity contribution in [1.29, 1.82) is 0 Å². The molecule has 0 saturated heterocycles. The van der Waals surface area contributed by atoms with Gasteiger partial charge in [-0.2, -0.15) is 4.98 Å². The van der Waals surface area contributed by atoms with E-state index < -0.39 is 0 Å². The SMILES string of the molecule is COC(c1noc(C=O)n1)C(C)(C)C. The number of aldehydes is 1. The van der Waals surface area contributed by atoms with Crippen LogP contribution in [0.4, 0.5) is 0 Å². The van der Waals surface area contributed by atoms with Crippen LogP contribution in [-0.2, 0) is 4.74 Å². The molecule has 1 atom stereocenters. The number of rotatable bonds is 3. The minimum absolute atomic E-state index is 0.0219. The number of ether oxygens (including phenoxy) is 1. The van der Waals surface area contributed by atoms with Gasteiger partial charge in [0.15, 0.2) is 0 Å². The van der Waals surface area contributed by atoms with Crippen LogP contribution in [0.2, 0.25) is 0 Å². The maximum Gasteiger partial charge on any atom is 0.290 e. The molecule has 0 radical (unpaired) electrons. The Bertz CT molecular complexity index is 314. The average molecular weight is 198 g/mol. The predicted octanol–water partition coefficient (Wildman–Crippen LogP) is 1.62. The van der Waals surface area contributed by atoms with Crippen LogP contribution in [0.3, 0.4) is 0 Å². The molecule has 0 N–H and O–H groups in total. The molecule has 1 rings (SSSR count). The van der Waals surface area contributed by atoms with E-state index in [1.807, 2.05) is 20.8 Å². The Balaban J connectivity index is 2.95. The van der Waals surface area contributed by atoms with E-state index in [-0.39, 0.29) is 17.4 Å². The van der Waals surface area contributed by atoms with E-state index in [1.165, 1.54) is 0 Å². The number of aromatic nitrogens is 2. The first-order valence-corrected chi connectivity index (χ1v) is 4.30. The summed E-state index contributed by atoms with van der Waals surface area (Å²) in [5, 5.41) is 3.68. The van der Waals surface area contributed by atoms with Gasteiger partial charge in [0, 0.05) is 7.11 Å². The number of carbonyl (C=O) groups excluding carboxylic acids is 1. The van der Waals surface area contributed by atoms with Gasteiger partial charge in [0.05, 0.1) is 0 Å². The van der Waals surface area contributed by atoms with E-state index in [0.29, 0.717) is 12.1 Å². The summed E-state index contributed by atoms with van der Waals surface area (Å²) >= 11 is 0. The quantitative estimate of drug-likeness (QED) is 0.690. The molecule has 1 heterocycles. The number of nitrogens with zero attached hydrogens (tertiary/aromatic N) is 2. The zero-order valence-corrected chi connectivity index (χ0v) is 8.77. The lowest BCUT2D eigenvalue weighted by molar-refractivity contribution is 0.00718. The fourth-order valence-electron chi connectivity index (χ4n) is 1.25. The molecular weight excluding hydrogens is 184 g/mol. The highest BCUT2D eigenvalue weighted by Crippen LogP contribution is 2.33. The summed E-state index contributed by atoms with van der Waals surface area (Å²) in [5.41, 5.74) is -0.140. The van der Waals surface area contributed by atoms with Crippen molar-refractivity contribution in [2.24, 2.45) is 5.41 Å². The van der Waals surface area contributed by atoms with Crippen LogP contribution >= 0.6 is 0 Å². The lowest BCUT2D eigenvalue weighted by Gasteiger charge is -2.26. The highest BCUT2D eigenvalue weighted by atomic mass is 16.5. The monoisotopic (exact) mass is 198 g/mol. The Morgan fingerprint density at radius 1 is 1.50 bits per heavy atom. The highest BCUT2D eigenvalue weighted by molar-refractivity contribution is 5.66. The average Bonchev–Trinajstić information content (AvgIpc) is 2.51. The number of hydrogen-bond donors (Lipinski definition) is 0. The molecule has 0 bridgehead atoms. The number of carbonyl (C=O) groups is 1. The third-order valence-electron chi connectivity index (χ3n) is 1.82. The fourth-order valence-corrected chi connectivity index (χ4v) is 1.25. The van der Waals surface area contributed by atoms with Gasteiger partial charge in [-0.1, -0.05) is 25.9 Å². The van der Waals surface area contributed by atoms with Crippen LogP contribution < -0.4 is 0 Å². The second kappa shape index (κ2) is 3.88. The molecule has 78 valence electrons. The van der Waals surface area contributed by atoms with Crippen molar-refractivity contribution in [3.05, 3.63) is 11.7 Å². The Morgan fingerprint density at radius 2 is 2.14 bits per heavy atom. The van der Waals surface area contributed by atoms with Crippen molar-refractivity contribution in [2.75, 3.05) is 7.11 Å². The van der Waals surface area contributed by atoms with Crippen molar-refractivity contribution < 1.29 is 14.1 Å². The molecule has 0 aliphatic rings. The van der Waals surface area contributed by atoms with Crippen molar-refractivity contribution in [1.82, 2.24) is 10.1 Å². The van der Waals surface area contributed by atoms with Gasteiger partial charge in [0.2, 0.25) is 12.1 Å². The summed E-state index contributed by atoms with van der Waals surface area (Å²) in [4.78, 5) is 14.2. The second-order valence-corrected chi connectivity index (χ2v) is 4.09. The molecule has 0 aliphatic carbocycles. The molecule has 0 aromatic carbocycles. The maximum atomic E-state index is 10.3. The number of methoxy groups -OCH3 is 1.